The van der Waals surface area contributed by atoms with Crippen molar-refractivity contribution in [3.8, 4) is 11.8 Å². The summed E-state index contributed by atoms with van der Waals surface area (Å²) < 4.78 is 0. The van der Waals surface area contributed by atoms with E-state index in [4.69, 9.17) is 5.11 Å². The largest absolute Gasteiger partial charge is 0.384 e. The number of anilines is 1. The summed E-state index contributed by atoms with van der Waals surface area (Å²) in [6.07, 6.45) is 10.7. The summed E-state index contributed by atoms with van der Waals surface area (Å²) in [6, 6.07) is 0. The molecule has 1 aliphatic rings. The molecule has 0 amide bonds. The molecule has 1 N–H and O–H groups in total. The summed E-state index contributed by atoms with van der Waals surface area (Å²) in [5.74, 6) is 7.93. The minimum atomic E-state index is -0.0198. The van der Waals surface area contributed by atoms with Gasteiger partial charge in [0.1, 0.15) is 6.61 Å². The number of nitrogens with zero attached hydrogens (tertiary/aromatic N) is 3. The summed E-state index contributed by atoms with van der Waals surface area (Å²) in [5.41, 5.74) is 1.21. The molecule has 0 aliphatic heterocycles. The van der Waals surface area contributed by atoms with Crippen LogP contribution in [0.25, 0.3) is 0 Å². The Morgan fingerprint density at radius 3 is 2.50 bits per heavy atom. The Morgan fingerprint density at radius 1 is 1.23 bits per heavy atom. The van der Waals surface area contributed by atoms with Gasteiger partial charge in [0.15, 0.2) is 0 Å². The first-order valence-corrected chi connectivity index (χ1v) is 8.34. The number of hydrogen-bond acceptors (Lipinski definition) is 4. The molecule has 1 heterocycles. The SMILES string of the molecule is CCCc1cnc(N(C)C[C@H]2CC[C@H](C#CCO)CC2)nc1. The normalized spacial score (nSPS) is 21.0. The second-order valence-electron chi connectivity index (χ2n) is 6.22. The van der Waals surface area contributed by atoms with Gasteiger partial charge in [0.05, 0.1) is 0 Å². The predicted octanol–water partition coefficient (Wildman–Crippen LogP) is 2.67. The molecule has 1 saturated carbocycles. The molecule has 120 valence electrons. The lowest BCUT2D eigenvalue weighted by Crippen LogP contribution is -2.29. The van der Waals surface area contributed by atoms with E-state index in [-0.39, 0.29) is 6.61 Å². The van der Waals surface area contributed by atoms with Gasteiger partial charge in [-0.2, -0.15) is 0 Å². The van der Waals surface area contributed by atoms with Crippen LogP contribution in [0.1, 0.15) is 44.6 Å². The highest BCUT2D eigenvalue weighted by atomic mass is 16.2. The fourth-order valence-corrected chi connectivity index (χ4v) is 3.11. The molecule has 4 nitrogen and oxygen atoms in total. The van der Waals surface area contributed by atoms with Gasteiger partial charge in [-0.05, 0) is 43.6 Å². The van der Waals surface area contributed by atoms with Crippen molar-refractivity contribution in [1.82, 2.24) is 9.97 Å². The first-order valence-electron chi connectivity index (χ1n) is 8.34. The van der Waals surface area contributed by atoms with E-state index < -0.39 is 0 Å². The van der Waals surface area contributed by atoms with E-state index in [1.165, 1.54) is 18.4 Å². The Bertz CT molecular complexity index is 495. The molecule has 0 aromatic carbocycles. The fraction of sp³-hybridized carbons (Fsp3) is 0.667. The van der Waals surface area contributed by atoms with E-state index >= 15 is 0 Å². The van der Waals surface area contributed by atoms with Crippen molar-refractivity contribution in [2.45, 2.75) is 45.4 Å². The van der Waals surface area contributed by atoms with Crippen LogP contribution in [0.15, 0.2) is 12.4 Å². The van der Waals surface area contributed by atoms with Gasteiger partial charge in [-0.25, -0.2) is 9.97 Å². The topological polar surface area (TPSA) is 49.2 Å². The average Bonchev–Trinajstić information content (AvgIpc) is 2.55. The minimum Gasteiger partial charge on any atom is -0.384 e. The van der Waals surface area contributed by atoms with Crippen molar-refractivity contribution in [1.29, 1.82) is 0 Å². The van der Waals surface area contributed by atoms with Crippen molar-refractivity contribution in [2.75, 3.05) is 25.1 Å². The molecule has 0 spiro atoms. The number of aliphatic hydroxyl groups excluding tert-OH is 1. The molecule has 1 fully saturated rings. The average molecular weight is 301 g/mol. The van der Waals surface area contributed by atoms with Gasteiger partial charge in [0, 0.05) is 31.9 Å². The van der Waals surface area contributed by atoms with Crippen molar-refractivity contribution in [3.63, 3.8) is 0 Å². The van der Waals surface area contributed by atoms with Gasteiger partial charge in [-0.1, -0.05) is 25.2 Å². The summed E-state index contributed by atoms with van der Waals surface area (Å²) in [4.78, 5) is 11.1. The Hall–Kier alpha value is -1.60. The fourth-order valence-electron chi connectivity index (χ4n) is 3.11. The first kappa shape index (κ1) is 16.8. The smallest absolute Gasteiger partial charge is 0.224 e. The van der Waals surface area contributed by atoms with Gasteiger partial charge in [0.25, 0.3) is 0 Å². The summed E-state index contributed by atoms with van der Waals surface area (Å²) in [6.45, 7) is 3.16. The highest BCUT2D eigenvalue weighted by molar-refractivity contribution is 5.28. The second-order valence-corrected chi connectivity index (χ2v) is 6.22. The number of aromatic nitrogens is 2. The van der Waals surface area contributed by atoms with Crippen LogP contribution in [-0.4, -0.2) is 35.3 Å². The van der Waals surface area contributed by atoms with E-state index in [0.717, 1.165) is 38.2 Å². The highest BCUT2D eigenvalue weighted by Crippen LogP contribution is 2.29. The third-order valence-corrected chi connectivity index (χ3v) is 4.34. The zero-order valence-corrected chi connectivity index (χ0v) is 13.8. The molecule has 1 aromatic rings. The van der Waals surface area contributed by atoms with Gasteiger partial charge in [-0.3, -0.25) is 0 Å². The zero-order chi connectivity index (χ0) is 15.8. The molecule has 1 aromatic heterocycles. The van der Waals surface area contributed by atoms with Gasteiger partial charge in [-0.15, -0.1) is 0 Å². The van der Waals surface area contributed by atoms with Gasteiger partial charge >= 0.3 is 0 Å². The number of aliphatic hydroxyl groups is 1. The lowest BCUT2D eigenvalue weighted by atomic mass is 9.82. The molecule has 0 unspecified atom stereocenters. The predicted molar refractivity (Wildman–Crippen MR) is 89.6 cm³/mol. The number of rotatable bonds is 5. The van der Waals surface area contributed by atoms with Crippen LogP contribution in [0.2, 0.25) is 0 Å². The lowest BCUT2D eigenvalue weighted by Gasteiger charge is -2.29. The summed E-state index contributed by atoms with van der Waals surface area (Å²) in [7, 11) is 2.08. The minimum absolute atomic E-state index is 0.0198. The number of hydrogen-bond donors (Lipinski definition) is 1. The highest BCUT2D eigenvalue weighted by Gasteiger charge is 2.21. The molecule has 0 saturated heterocycles. The van der Waals surface area contributed by atoms with E-state index in [1.807, 2.05) is 12.4 Å². The van der Waals surface area contributed by atoms with E-state index in [1.54, 1.807) is 0 Å². The quantitative estimate of drug-likeness (QED) is 0.850. The van der Waals surface area contributed by atoms with E-state index in [9.17, 15) is 0 Å². The molecule has 22 heavy (non-hydrogen) atoms. The van der Waals surface area contributed by atoms with E-state index in [2.05, 4.69) is 40.7 Å². The second kappa shape index (κ2) is 8.75. The van der Waals surface area contributed by atoms with E-state index in [0.29, 0.717) is 11.8 Å². The van der Waals surface area contributed by atoms with Crippen LogP contribution >= 0.6 is 0 Å². The maximum absolute atomic E-state index is 8.75. The number of aryl methyl sites for hydroxylation is 1. The van der Waals surface area contributed by atoms with Crippen LogP contribution in [0.5, 0.6) is 0 Å². The molecule has 1 aliphatic carbocycles. The standard InChI is InChI=1S/C18H27N3O/c1-3-5-17-12-19-18(20-13-17)21(2)14-16-9-7-15(8-10-16)6-4-11-22/h12-13,15-16,22H,3,5,7-11,14H2,1-2H3/t15-,16-. The van der Waals surface area contributed by atoms with Crippen molar-refractivity contribution >= 4 is 5.95 Å². The van der Waals surface area contributed by atoms with Crippen LogP contribution in [0, 0.1) is 23.7 Å². The van der Waals surface area contributed by atoms with Gasteiger partial charge in [0.2, 0.25) is 5.95 Å². The molecule has 4 heteroatoms. The first-order chi connectivity index (χ1) is 10.7. The maximum atomic E-state index is 8.75. The Labute approximate surface area is 134 Å². The maximum Gasteiger partial charge on any atom is 0.224 e. The third-order valence-electron chi connectivity index (χ3n) is 4.34. The van der Waals surface area contributed by atoms with Crippen molar-refractivity contribution in [2.24, 2.45) is 11.8 Å². The van der Waals surface area contributed by atoms with Gasteiger partial charge < -0.3 is 10.0 Å². The molecule has 0 radical (unpaired) electrons. The molecular formula is C18H27N3O. The molecule has 2 rings (SSSR count). The summed E-state index contributed by atoms with van der Waals surface area (Å²) in [5, 5.41) is 8.75. The van der Waals surface area contributed by atoms with Crippen molar-refractivity contribution < 1.29 is 5.11 Å². The molecule has 0 atom stereocenters. The van der Waals surface area contributed by atoms with Crippen LogP contribution in [-0.2, 0) is 6.42 Å². The Kier molecular flexibility index (Phi) is 6.67. The monoisotopic (exact) mass is 301 g/mol. The van der Waals surface area contributed by atoms with Crippen LogP contribution in [0.4, 0.5) is 5.95 Å². The lowest BCUT2D eigenvalue weighted by molar-refractivity contribution is 0.318. The zero-order valence-electron chi connectivity index (χ0n) is 13.8. The van der Waals surface area contributed by atoms with Crippen LogP contribution in [0.3, 0.4) is 0 Å². The summed E-state index contributed by atoms with van der Waals surface area (Å²) >= 11 is 0. The Morgan fingerprint density at radius 2 is 1.91 bits per heavy atom. The molecule has 0 bridgehead atoms. The molecular weight excluding hydrogens is 274 g/mol. The Balaban J connectivity index is 1.81. The van der Waals surface area contributed by atoms with Crippen LogP contribution < -0.4 is 4.90 Å². The van der Waals surface area contributed by atoms with Crippen molar-refractivity contribution in [3.05, 3.63) is 18.0 Å². The third kappa shape index (κ3) is 4.99.